The molecule has 14 heavy (non-hydrogen) atoms. The van der Waals surface area contributed by atoms with Gasteiger partial charge in [0.2, 0.25) is 0 Å². The molecule has 1 atom stereocenters. The fraction of sp³-hybridized carbons (Fsp3) is 1.00. The Kier molecular flexibility index (Phi) is 6.33. The molecule has 0 heterocycles. The maximum Gasteiger partial charge on any atom is 0.0640 e. The molecule has 0 aromatic heterocycles. The van der Waals surface area contributed by atoms with Gasteiger partial charge in [-0.25, -0.2) is 0 Å². The summed E-state index contributed by atoms with van der Waals surface area (Å²) in [4.78, 5) is 0. The number of ether oxygens (including phenoxy) is 1. The summed E-state index contributed by atoms with van der Waals surface area (Å²) in [5.74, 6) is 6.18. The van der Waals surface area contributed by atoms with Gasteiger partial charge in [0.15, 0.2) is 0 Å². The second-order valence-electron chi connectivity index (χ2n) is 5.26. The van der Waals surface area contributed by atoms with Gasteiger partial charge in [0, 0.05) is 6.04 Å². The van der Waals surface area contributed by atoms with E-state index in [0.29, 0.717) is 6.61 Å². The molecule has 0 aromatic rings. The van der Waals surface area contributed by atoms with Crippen LogP contribution in [0.4, 0.5) is 0 Å². The molecule has 1 unspecified atom stereocenters. The quantitative estimate of drug-likeness (QED) is 0.512. The molecular formula is C11H26N2O. The lowest BCUT2D eigenvalue weighted by atomic mass is 10.0. The molecule has 3 N–H and O–H groups in total. The zero-order valence-corrected chi connectivity index (χ0v) is 10.3. The molecule has 0 fully saturated rings. The van der Waals surface area contributed by atoms with Crippen molar-refractivity contribution in [2.45, 2.75) is 59.1 Å². The van der Waals surface area contributed by atoms with E-state index in [9.17, 15) is 0 Å². The SMILES string of the molecule is CC(C)CCC(COC(C)(C)C)NN. The Morgan fingerprint density at radius 3 is 2.14 bits per heavy atom. The number of rotatable bonds is 6. The van der Waals surface area contributed by atoms with Gasteiger partial charge in [-0.3, -0.25) is 11.3 Å². The second kappa shape index (κ2) is 6.38. The van der Waals surface area contributed by atoms with Gasteiger partial charge in [0.1, 0.15) is 0 Å². The number of hydrazine groups is 1. The normalized spacial score (nSPS) is 14.8. The minimum Gasteiger partial charge on any atom is -0.374 e. The van der Waals surface area contributed by atoms with E-state index in [4.69, 9.17) is 10.6 Å². The van der Waals surface area contributed by atoms with Crippen LogP contribution in [0.1, 0.15) is 47.5 Å². The third-order valence-corrected chi connectivity index (χ3v) is 2.05. The molecule has 0 aliphatic carbocycles. The van der Waals surface area contributed by atoms with E-state index in [-0.39, 0.29) is 11.6 Å². The lowest BCUT2D eigenvalue weighted by Crippen LogP contribution is -2.40. The minimum atomic E-state index is -0.0765. The van der Waals surface area contributed by atoms with Gasteiger partial charge in [-0.1, -0.05) is 13.8 Å². The Morgan fingerprint density at radius 1 is 1.21 bits per heavy atom. The molecule has 0 saturated carbocycles. The van der Waals surface area contributed by atoms with Crippen LogP contribution < -0.4 is 11.3 Å². The van der Waals surface area contributed by atoms with Crippen LogP contribution in [0.25, 0.3) is 0 Å². The molecule has 0 rings (SSSR count). The predicted octanol–water partition coefficient (Wildman–Crippen LogP) is 2.07. The van der Waals surface area contributed by atoms with E-state index in [1.165, 1.54) is 6.42 Å². The summed E-state index contributed by atoms with van der Waals surface area (Å²) >= 11 is 0. The van der Waals surface area contributed by atoms with Crippen molar-refractivity contribution in [3.05, 3.63) is 0 Å². The summed E-state index contributed by atoms with van der Waals surface area (Å²) in [5.41, 5.74) is 2.73. The summed E-state index contributed by atoms with van der Waals surface area (Å²) in [6, 6.07) is 0.275. The average molecular weight is 202 g/mol. The van der Waals surface area contributed by atoms with E-state index >= 15 is 0 Å². The zero-order valence-electron chi connectivity index (χ0n) is 10.3. The van der Waals surface area contributed by atoms with Crippen LogP contribution in [0, 0.1) is 5.92 Å². The first-order chi connectivity index (χ1) is 6.35. The third-order valence-electron chi connectivity index (χ3n) is 2.05. The molecule has 0 aromatic carbocycles. The van der Waals surface area contributed by atoms with Gasteiger partial charge in [-0.15, -0.1) is 0 Å². The highest BCUT2D eigenvalue weighted by molar-refractivity contribution is 4.67. The van der Waals surface area contributed by atoms with Crippen molar-refractivity contribution >= 4 is 0 Å². The number of hydrogen-bond donors (Lipinski definition) is 2. The van der Waals surface area contributed by atoms with E-state index in [1.54, 1.807) is 0 Å². The Hall–Kier alpha value is -0.120. The van der Waals surface area contributed by atoms with Crippen LogP contribution in [0.2, 0.25) is 0 Å². The molecule has 3 nitrogen and oxygen atoms in total. The molecule has 0 spiro atoms. The lowest BCUT2D eigenvalue weighted by molar-refractivity contribution is -0.0159. The molecule has 0 aliphatic rings. The molecule has 0 saturated heterocycles. The van der Waals surface area contributed by atoms with Gasteiger partial charge in [0.25, 0.3) is 0 Å². The minimum absolute atomic E-state index is 0.0765. The molecule has 0 aliphatic heterocycles. The third kappa shape index (κ3) is 8.48. The monoisotopic (exact) mass is 202 g/mol. The Morgan fingerprint density at radius 2 is 1.79 bits per heavy atom. The second-order valence-corrected chi connectivity index (χ2v) is 5.26. The maximum absolute atomic E-state index is 5.67. The summed E-state index contributed by atoms with van der Waals surface area (Å²) in [6.45, 7) is 11.3. The average Bonchev–Trinajstić information content (AvgIpc) is 2.02. The van der Waals surface area contributed by atoms with Crippen molar-refractivity contribution in [2.24, 2.45) is 11.8 Å². The maximum atomic E-state index is 5.67. The van der Waals surface area contributed by atoms with Crippen LogP contribution in [-0.4, -0.2) is 18.2 Å². The molecule has 3 heteroatoms. The van der Waals surface area contributed by atoms with Gasteiger partial charge in [-0.05, 0) is 39.5 Å². The summed E-state index contributed by atoms with van der Waals surface area (Å²) in [6.07, 6.45) is 2.26. The Balaban J connectivity index is 3.69. The highest BCUT2D eigenvalue weighted by Crippen LogP contribution is 2.11. The standard InChI is InChI=1S/C11H26N2O/c1-9(2)6-7-10(13-12)8-14-11(3,4)5/h9-10,13H,6-8,12H2,1-5H3. The zero-order chi connectivity index (χ0) is 11.2. The van der Waals surface area contributed by atoms with Crippen LogP contribution in [-0.2, 0) is 4.74 Å². The van der Waals surface area contributed by atoms with Gasteiger partial charge in [0.05, 0.1) is 12.2 Å². The van der Waals surface area contributed by atoms with E-state index in [0.717, 1.165) is 12.3 Å². The Labute approximate surface area is 88.4 Å². The number of hydrogen-bond acceptors (Lipinski definition) is 3. The van der Waals surface area contributed by atoms with Crippen molar-refractivity contribution in [3.8, 4) is 0 Å². The largest absolute Gasteiger partial charge is 0.374 e. The van der Waals surface area contributed by atoms with Gasteiger partial charge >= 0.3 is 0 Å². The van der Waals surface area contributed by atoms with Crippen LogP contribution in [0.5, 0.6) is 0 Å². The first kappa shape index (κ1) is 13.9. The van der Waals surface area contributed by atoms with E-state index < -0.39 is 0 Å². The fourth-order valence-electron chi connectivity index (χ4n) is 1.10. The van der Waals surface area contributed by atoms with Crippen LogP contribution in [0.3, 0.4) is 0 Å². The van der Waals surface area contributed by atoms with Crippen molar-refractivity contribution in [1.82, 2.24) is 5.43 Å². The van der Waals surface area contributed by atoms with Crippen LogP contribution >= 0.6 is 0 Å². The fourth-order valence-corrected chi connectivity index (χ4v) is 1.10. The topological polar surface area (TPSA) is 47.3 Å². The summed E-state index contributed by atoms with van der Waals surface area (Å²) in [5, 5.41) is 0. The van der Waals surface area contributed by atoms with Gasteiger partial charge in [-0.2, -0.15) is 0 Å². The molecular weight excluding hydrogens is 176 g/mol. The first-order valence-corrected chi connectivity index (χ1v) is 5.45. The van der Waals surface area contributed by atoms with Gasteiger partial charge < -0.3 is 4.74 Å². The van der Waals surface area contributed by atoms with E-state index in [2.05, 4.69) is 40.0 Å². The highest BCUT2D eigenvalue weighted by atomic mass is 16.5. The first-order valence-electron chi connectivity index (χ1n) is 5.45. The number of nitrogens with two attached hydrogens (primary N) is 1. The number of nitrogens with one attached hydrogen (secondary N) is 1. The summed E-state index contributed by atoms with van der Waals surface area (Å²) < 4.78 is 5.67. The summed E-state index contributed by atoms with van der Waals surface area (Å²) in [7, 11) is 0. The molecule has 0 bridgehead atoms. The smallest absolute Gasteiger partial charge is 0.0640 e. The molecule has 86 valence electrons. The van der Waals surface area contributed by atoms with Crippen molar-refractivity contribution in [2.75, 3.05) is 6.61 Å². The van der Waals surface area contributed by atoms with Crippen molar-refractivity contribution in [3.63, 3.8) is 0 Å². The molecule has 0 amide bonds. The van der Waals surface area contributed by atoms with Crippen LogP contribution in [0.15, 0.2) is 0 Å². The predicted molar refractivity (Wildman–Crippen MR) is 60.9 cm³/mol. The highest BCUT2D eigenvalue weighted by Gasteiger charge is 2.14. The van der Waals surface area contributed by atoms with Crippen molar-refractivity contribution < 1.29 is 4.74 Å². The lowest BCUT2D eigenvalue weighted by Gasteiger charge is -2.24. The molecule has 0 radical (unpaired) electrons. The van der Waals surface area contributed by atoms with E-state index in [1.807, 2.05) is 0 Å². The Bertz CT molecular complexity index is 141. The van der Waals surface area contributed by atoms with Crippen molar-refractivity contribution in [1.29, 1.82) is 0 Å².